The standard InChI is InChI=1S/C29H25FN2O4S/c1-4-12-36-19-9-7-8-18(15-19)26(33)23-25(20-10-5-6-11-21(20)30)32(28(35)27(23)34)29-31-24-17(3)13-16(2)14-22(24)37-29/h5-11,13-15,25,33H,4,12H2,1-3H3. The number of benzene rings is 3. The lowest BCUT2D eigenvalue weighted by molar-refractivity contribution is -0.132. The third kappa shape index (κ3) is 4.38. The van der Waals surface area contributed by atoms with Gasteiger partial charge in [-0.3, -0.25) is 14.5 Å². The fraction of sp³-hybridized carbons (Fsp3) is 0.207. The van der Waals surface area contributed by atoms with Crippen LogP contribution in [-0.2, 0) is 9.59 Å². The summed E-state index contributed by atoms with van der Waals surface area (Å²) >= 11 is 1.25. The molecule has 1 fully saturated rings. The minimum absolute atomic E-state index is 0.0915. The van der Waals surface area contributed by atoms with Crippen molar-refractivity contribution in [2.24, 2.45) is 0 Å². The lowest BCUT2D eigenvalue weighted by Crippen LogP contribution is -2.29. The Labute approximate surface area is 217 Å². The maximum Gasteiger partial charge on any atom is 0.301 e. The van der Waals surface area contributed by atoms with Crippen molar-refractivity contribution in [2.75, 3.05) is 11.5 Å². The van der Waals surface area contributed by atoms with Crippen molar-refractivity contribution in [3.63, 3.8) is 0 Å². The first-order valence-electron chi connectivity index (χ1n) is 12.0. The van der Waals surface area contributed by atoms with E-state index in [2.05, 4.69) is 4.98 Å². The van der Waals surface area contributed by atoms with Crippen LogP contribution in [0.25, 0.3) is 16.0 Å². The fourth-order valence-corrected chi connectivity index (χ4v) is 5.76. The molecular formula is C29H25FN2O4S. The van der Waals surface area contributed by atoms with Crippen molar-refractivity contribution in [1.82, 2.24) is 4.98 Å². The van der Waals surface area contributed by atoms with Gasteiger partial charge in [-0.05, 0) is 55.7 Å². The van der Waals surface area contributed by atoms with Crippen molar-refractivity contribution in [3.8, 4) is 5.75 Å². The first-order valence-corrected chi connectivity index (χ1v) is 12.8. The summed E-state index contributed by atoms with van der Waals surface area (Å²) < 4.78 is 21.7. The van der Waals surface area contributed by atoms with Crippen molar-refractivity contribution in [1.29, 1.82) is 0 Å². The molecule has 6 nitrogen and oxygen atoms in total. The number of ether oxygens (including phenoxy) is 1. The normalized spacial score (nSPS) is 17.1. The number of Topliss-reactive ketones (excluding diaryl/α,β-unsaturated/α-hetero) is 1. The van der Waals surface area contributed by atoms with Gasteiger partial charge in [0.15, 0.2) is 5.13 Å². The van der Waals surface area contributed by atoms with Crippen LogP contribution in [-0.4, -0.2) is 28.4 Å². The highest BCUT2D eigenvalue weighted by Crippen LogP contribution is 2.45. The van der Waals surface area contributed by atoms with Crippen LogP contribution in [0.1, 0.15) is 41.6 Å². The number of aliphatic hydroxyl groups is 1. The number of fused-ring (bicyclic) bond motifs is 1. The highest BCUT2D eigenvalue weighted by molar-refractivity contribution is 7.22. The van der Waals surface area contributed by atoms with Crippen LogP contribution in [0.2, 0.25) is 0 Å². The van der Waals surface area contributed by atoms with Gasteiger partial charge >= 0.3 is 5.91 Å². The molecule has 37 heavy (non-hydrogen) atoms. The molecule has 1 unspecified atom stereocenters. The summed E-state index contributed by atoms with van der Waals surface area (Å²) in [5.74, 6) is -2.26. The Hall–Kier alpha value is -4.04. The predicted molar refractivity (Wildman–Crippen MR) is 143 cm³/mol. The minimum Gasteiger partial charge on any atom is -0.507 e. The van der Waals surface area contributed by atoms with Crippen molar-refractivity contribution >= 4 is 44.1 Å². The zero-order valence-corrected chi connectivity index (χ0v) is 21.4. The summed E-state index contributed by atoms with van der Waals surface area (Å²) in [6.45, 7) is 6.36. The SMILES string of the molecule is CCCOc1cccc(C(O)=C2C(=O)C(=O)N(c3nc4c(C)cc(C)cc4s3)C2c2ccccc2F)c1. The average molecular weight is 517 g/mol. The molecule has 0 spiro atoms. The van der Waals surface area contributed by atoms with Crippen LogP contribution in [0.4, 0.5) is 9.52 Å². The molecule has 0 saturated carbocycles. The highest BCUT2D eigenvalue weighted by atomic mass is 32.1. The number of aryl methyl sites for hydroxylation is 2. The number of amides is 1. The Kier molecular flexibility index (Phi) is 6.52. The molecule has 188 valence electrons. The highest BCUT2D eigenvalue weighted by Gasteiger charge is 2.49. The summed E-state index contributed by atoms with van der Waals surface area (Å²) in [4.78, 5) is 32.7. The molecule has 0 aliphatic carbocycles. The average Bonchev–Trinajstić information content (AvgIpc) is 3.41. The van der Waals surface area contributed by atoms with Gasteiger partial charge in [-0.15, -0.1) is 0 Å². The van der Waals surface area contributed by atoms with E-state index < -0.39 is 29.3 Å². The first-order chi connectivity index (χ1) is 17.8. The van der Waals surface area contributed by atoms with Crippen LogP contribution in [0, 0.1) is 19.7 Å². The van der Waals surface area contributed by atoms with E-state index in [1.807, 2.05) is 32.9 Å². The molecule has 4 aromatic rings. The largest absolute Gasteiger partial charge is 0.507 e. The van der Waals surface area contributed by atoms with Crippen LogP contribution in [0.5, 0.6) is 5.75 Å². The number of rotatable bonds is 6. The maximum absolute atomic E-state index is 15.2. The lowest BCUT2D eigenvalue weighted by atomic mass is 9.95. The van der Waals surface area contributed by atoms with E-state index in [-0.39, 0.29) is 16.3 Å². The number of carbonyl (C=O) groups excluding carboxylic acids is 2. The Bertz CT molecular complexity index is 1580. The van der Waals surface area contributed by atoms with Crippen LogP contribution in [0.3, 0.4) is 0 Å². The van der Waals surface area contributed by atoms with E-state index in [4.69, 9.17) is 4.74 Å². The topological polar surface area (TPSA) is 79.7 Å². The molecule has 1 atom stereocenters. The molecule has 0 radical (unpaired) electrons. The Balaban J connectivity index is 1.71. The molecule has 1 aliphatic heterocycles. The van der Waals surface area contributed by atoms with Crippen molar-refractivity contribution in [2.45, 2.75) is 33.2 Å². The molecule has 1 amide bonds. The van der Waals surface area contributed by atoms with Crippen molar-refractivity contribution < 1.29 is 23.8 Å². The molecule has 8 heteroatoms. The number of carbonyl (C=O) groups is 2. The quantitative estimate of drug-likeness (QED) is 0.181. The number of halogens is 1. The van der Waals surface area contributed by atoms with Gasteiger partial charge in [0.05, 0.1) is 22.4 Å². The smallest absolute Gasteiger partial charge is 0.301 e. The number of aliphatic hydroxyl groups excluding tert-OH is 1. The number of ketones is 1. The number of hydrogen-bond donors (Lipinski definition) is 1. The second-order valence-electron chi connectivity index (χ2n) is 8.99. The van der Waals surface area contributed by atoms with E-state index in [0.717, 1.165) is 22.2 Å². The van der Waals surface area contributed by atoms with Gasteiger partial charge < -0.3 is 9.84 Å². The monoisotopic (exact) mass is 516 g/mol. The number of hydrogen-bond acceptors (Lipinski definition) is 6. The molecule has 5 rings (SSSR count). The summed E-state index contributed by atoms with van der Waals surface area (Å²) in [6.07, 6.45) is 0.801. The van der Waals surface area contributed by atoms with Crippen LogP contribution >= 0.6 is 11.3 Å². The molecule has 1 aromatic heterocycles. The lowest BCUT2D eigenvalue weighted by Gasteiger charge is -2.23. The fourth-order valence-electron chi connectivity index (χ4n) is 4.59. The second kappa shape index (κ2) is 9.78. The van der Waals surface area contributed by atoms with E-state index in [0.29, 0.717) is 23.4 Å². The van der Waals surface area contributed by atoms with Crippen LogP contribution < -0.4 is 9.64 Å². The van der Waals surface area contributed by atoms with Gasteiger partial charge in [0.2, 0.25) is 0 Å². The van der Waals surface area contributed by atoms with E-state index in [1.54, 1.807) is 30.3 Å². The first kappa shape index (κ1) is 24.6. The van der Waals surface area contributed by atoms with Gasteiger partial charge in [-0.1, -0.05) is 54.7 Å². The molecule has 3 aromatic carbocycles. The third-order valence-corrected chi connectivity index (χ3v) is 7.25. The van der Waals surface area contributed by atoms with E-state index in [9.17, 15) is 14.7 Å². The summed E-state index contributed by atoms with van der Waals surface area (Å²) in [6, 6.07) is 15.3. The molecule has 2 heterocycles. The molecule has 1 N–H and O–H groups in total. The van der Waals surface area contributed by atoms with Crippen molar-refractivity contribution in [3.05, 3.63) is 94.3 Å². The number of anilines is 1. The zero-order valence-electron chi connectivity index (χ0n) is 20.6. The number of aromatic nitrogens is 1. The maximum atomic E-state index is 15.2. The Morgan fingerprint density at radius 2 is 1.89 bits per heavy atom. The van der Waals surface area contributed by atoms with E-state index >= 15 is 4.39 Å². The number of thiazole rings is 1. The summed E-state index contributed by atoms with van der Waals surface area (Å²) in [7, 11) is 0. The summed E-state index contributed by atoms with van der Waals surface area (Å²) in [5.41, 5.74) is 2.87. The molecule has 1 saturated heterocycles. The van der Waals surface area contributed by atoms with Gasteiger partial charge in [-0.2, -0.15) is 0 Å². The molecular weight excluding hydrogens is 491 g/mol. The summed E-state index contributed by atoms with van der Waals surface area (Å²) in [5, 5.41) is 11.6. The van der Waals surface area contributed by atoms with Gasteiger partial charge in [-0.25, -0.2) is 9.37 Å². The van der Waals surface area contributed by atoms with Gasteiger partial charge in [0.25, 0.3) is 5.78 Å². The number of nitrogens with zero attached hydrogens (tertiary/aromatic N) is 2. The molecule has 0 bridgehead atoms. The zero-order chi connectivity index (χ0) is 26.3. The van der Waals surface area contributed by atoms with Gasteiger partial charge in [0.1, 0.15) is 23.4 Å². The van der Waals surface area contributed by atoms with Gasteiger partial charge in [0, 0.05) is 11.1 Å². The Morgan fingerprint density at radius 3 is 2.65 bits per heavy atom. The van der Waals surface area contributed by atoms with E-state index in [1.165, 1.54) is 34.4 Å². The Morgan fingerprint density at radius 1 is 1.11 bits per heavy atom. The predicted octanol–water partition coefficient (Wildman–Crippen LogP) is 6.47. The minimum atomic E-state index is -1.19. The van der Waals surface area contributed by atoms with Crippen LogP contribution in [0.15, 0.2) is 66.2 Å². The molecule has 1 aliphatic rings. The third-order valence-electron chi connectivity index (χ3n) is 6.25. The second-order valence-corrected chi connectivity index (χ2v) is 10.0.